The van der Waals surface area contributed by atoms with Crippen LogP contribution >= 0.6 is 11.3 Å². The van der Waals surface area contributed by atoms with Gasteiger partial charge in [0.05, 0.1) is 0 Å². The second-order valence-corrected chi connectivity index (χ2v) is 5.75. The molecule has 0 aromatic carbocycles. The highest BCUT2D eigenvalue weighted by molar-refractivity contribution is 7.09. The molecule has 0 aliphatic carbocycles. The predicted octanol–water partition coefficient (Wildman–Crippen LogP) is 0.787. The van der Waals surface area contributed by atoms with E-state index in [1.54, 1.807) is 11.3 Å². The summed E-state index contributed by atoms with van der Waals surface area (Å²) in [5, 5.41) is 5.40. The Morgan fingerprint density at radius 2 is 2.53 bits per heavy atom. The summed E-state index contributed by atoms with van der Waals surface area (Å²) in [6.07, 6.45) is 1.84. The maximum Gasteiger partial charge on any atom is 0.239 e. The van der Waals surface area contributed by atoms with Gasteiger partial charge in [0.15, 0.2) is 0 Å². The number of rotatable bonds is 4. The van der Waals surface area contributed by atoms with Gasteiger partial charge in [-0.1, -0.05) is 6.07 Å². The van der Waals surface area contributed by atoms with Crippen molar-refractivity contribution in [2.24, 2.45) is 5.73 Å². The van der Waals surface area contributed by atoms with E-state index in [1.807, 2.05) is 18.5 Å². The number of nitrogens with zero attached hydrogens (tertiary/aromatic N) is 1. The van der Waals surface area contributed by atoms with Crippen molar-refractivity contribution in [3.8, 4) is 0 Å². The Bertz CT molecular complexity index is 379. The molecule has 0 radical (unpaired) electrons. The van der Waals surface area contributed by atoms with E-state index in [9.17, 15) is 4.79 Å². The van der Waals surface area contributed by atoms with Crippen molar-refractivity contribution in [2.75, 3.05) is 20.1 Å². The monoisotopic (exact) mass is 253 g/mol. The molecule has 4 nitrogen and oxygen atoms in total. The van der Waals surface area contributed by atoms with Crippen molar-refractivity contribution in [2.45, 2.75) is 24.9 Å². The van der Waals surface area contributed by atoms with E-state index in [0.717, 1.165) is 19.4 Å². The summed E-state index contributed by atoms with van der Waals surface area (Å²) in [6, 6.07) is 4.09. The largest absolute Gasteiger partial charge is 0.368 e. The minimum absolute atomic E-state index is 0.236. The number of carbonyl (C=O) groups is 1. The van der Waals surface area contributed by atoms with Gasteiger partial charge in [-0.15, -0.1) is 11.3 Å². The summed E-state index contributed by atoms with van der Waals surface area (Å²) in [6.45, 7) is 2.46. The summed E-state index contributed by atoms with van der Waals surface area (Å²) in [7, 11) is 2.03. The second kappa shape index (κ2) is 5.16. The van der Waals surface area contributed by atoms with Gasteiger partial charge >= 0.3 is 0 Å². The number of primary amides is 1. The lowest BCUT2D eigenvalue weighted by atomic mass is 9.88. The van der Waals surface area contributed by atoms with Crippen molar-refractivity contribution >= 4 is 17.2 Å². The number of hydrogen-bond donors (Lipinski definition) is 2. The fourth-order valence-electron chi connectivity index (χ4n) is 2.37. The standard InChI is InChI=1S/C12H19N3OS/c1-15-6-3-5-12(9-15,11(13)16)14-8-10-4-2-7-17-10/h2,4,7,14H,3,5-6,8-9H2,1H3,(H2,13,16). The third-order valence-corrected chi connectivity index (χ3v) is 4.21. The second-order valence-electron chi connectivity index (χ2n) is 4.72. The van der Waals surface area contributed by atoms with Crippen LogP contribution in [0.5, 0.6) is 0 Å². The molecule has 1 aromatic rings. The van der Waals surface area contributed by atoms with Crippen LogP contribution in [-0.4, -0.2) is 36.5 Å². The molecule has 0 saturated carbocycles. The van der Waals surface area contributed by atoms with E-state index in [-0.39, 0.29) is 5.91 Å². The highest BCUT2D eigenvalue weighted by Crippen LogP contribution is 2.21. The Morgan fingerprint density at radius 1 is 1.71 bits per heavy atom. The first kappa shape index (κ1) is 12.5. The summed E-state index contributed by atoms with van der Waals surface area (Å²) in [4.78, 5) is 15.1. The highest BCUT2D eigenvalue weighted by Gasteiger charge is 2.39. The molecule has 1 aliphatic rings. The van der Waals surface area contributed by atoms with E-state index in [0.29, 0.717) is 13.1 Å². The molecule has 0 spiro atoms. The van der Waals surface area contributed by atoms with Crippen LogP contribution in [0.3, 0.4) is 0 Å². The lowest BCUT2D eigenvalue weighted by Crippen LogP contribution is -2.63. The van der Waals surface area contributed by atoms with Crippen LogP contribution in [0.4, 0.5) is 0 Å². The Hall–Kier alpha value is -0.910. The lowest BCUT2D eigenvalue weighted by molar-refractivity contribution is -0.126. The van der Waals surface area contributed by atoms with Gasteiger partial charge < -0.3 is 10.6 Å². The first-order valence-corrected chi connectivity index (χ1v) is 6.76. The molecule has 2 rings (SSSR count). The molecular weight excluding hydrogens is 234 g/mol. The molecule has 1 saturated heterocycles. The molecule has 5 heteroatoms. The fraction of sp³-hybridized carbons (Fsp3) is 0.583. The third-order valence-electron chi connectivity index (χ3n) is 3.34. The molecule has 94 valence electrons. The van der Waals surface area contributed by atoms with Gasteiger partial charge in [-0.25, -0.2) is 0 Å². The van der Waals surface area contributed by atoms with Gasteiger partial charge in [0.25, 0.3) is 0 Å². The SMILES string of the molecule is CN1CCCC(NCc2cccs2)(C(N)=O)C1. The molecule has 1 aromatic heterocycles. The zero-order chi connectivity index (χ0) is 12.3. The number of amides is 1. The maximum atomic E-state index is 11.7. The fourth-order valence-corrected chi connectivity index (χ4v) is 3.02. The van der Waals surface area contributed by atoms with Gasteiger partial charge in [0.2, 0.25) is 5.91 Å². The van der Waals surface area contributed by atoms with E-state index >= 15 is 0 Å². The number of carbonyl (C=O) groups excluding carboxylic acids is 1. The van der Waals surface area contributed by atoms with Crippen LogP contribution in [-0.2, 0) is 11.3 Å². The number of likely N-dealkylation sites (N-methyl/N-ethyl adjacent to an activating group) is 1. The minimum atomic E-state index is -0.559. The molecule has 0 bridgehead atoms. The van der Waals surface area contributed by atoms with Crippen LogP contribution in [0.15, 0.2) is 17.5 Å². The summed E-state index contributed by atoms with van der Waals surface area (Å²) in [5.41, 5.74) is 5.02. The smallest absolute Gasteiger partial charge is 0.239 e. The number of nitrogens with two attached hydrogens (primary N) is 1. The van der Waals surface area contributed by atoms with E-state index < -0.39 is 5.54 Å². The van der Waals surface area contributed by atoms with Crippen LogP contribution in [0, 0.1) is 0 Å². The first-order valence-electron chi connectivity index (χ1n) is 5.88. The normalized spacial score (nSPS) is 25.9. The topological polar surface area (TPSA) is 58.4 Å². The Labute approximate surface area is 106 Å². The van der Waals surface area contributed by atoms with Gasteiger partial charge in [-0.3, -0.25) is 10.1 Å². The summed E-state index contributed by atoms with van der Waals surface area (Å²) < 4.78 is 0. The number of piperidine rings is 1. The third kappa shape index (κ3) is 2.86. The molecule has 3 N–H and O–H groups in total. The Balaban J connectivity index is 2.03. The average molecular weight is 253 g/mol. The van der Waals surface area contributed by atoms with Gasteiger partial charge in [0.1, 0.15) is 5.54 Å². The predicted molar refractivity (Wildman–Crippen MR) is 69.8 cm³/mol. The van der Waals surface area contributed by atoms with Crippen molar-refractivity contribution in [1.29, 1.82) is 0 Å². The summed E-state index contributed by atoms with van der Waals surface area (Å²) in [5.74, 6) is -0.236. The van der Waals surface area contributed by atoms with Gasteiger partial charge in [0, 0.05) is 18.0 Å². The number of hydrogen-bond acceptors (Lipinski definition) is 4. The molecule has 1 fully saturated rings. The molecule has 1 unspecified atom stereocenters. The number of nitrogens with one attached hydrogen (secondary N) is 1. The van der Waals surface area contributed by atoms with Crippen LogP contribution < -0.4 is 11.1 Å². The van der Waals surface area contributed by atoms with E-state index in [4.69, 9.17) is 5.73 Å². The van der Waals surface area contributed by atoms with Gasteiger partial charge in [-0.05, 0) is 37.9 Å². The molecule has 1 atom stereocenters. The van der Waals surface area contributed by atoms with Crippen LogP contribution in [0.2, 0.25) is 0 Å². The number of likely N-dealkylation sites (tertiary alicyclic amines) is 1. The highest BCUT2D eigenvalue weighted by atomic mass is 32.1. The zero-order valence-electron chi connectivity index (χ0n) is 10.1. The molecule has 2 heterocycles. The van der Waals surface area contributed by atoms with Gasteiger partial charge in [-0.2, -0.15) is 0 Å². The van der Waals surface area contributed by atoms with Crippen LogP contribution in [0.25, 0.3) is 0 Å². The van der Waals surface area contributed by atoms with Crippen molar-refractivity contribution in [1.82, 2.24) is 10.2 Å². The van der Waals surface area contributed by atoms with E-state index in [2.05, 4.69) is 16.3 Å². The van der Waals surface area contributed by atoms with Crippen LogP contribution in [0.1, 0.15) is 17.7 Å². The van der Waals surface area contributed by atoms with Crippen molar-refractivity contribution in [3.05, 3.63) is 22.4 Å². The summed E-state index contributed by atoms with van der Waals surface area (Å²) >= 11 is 1.69. The average Bonchev–Trinajstić information content (AvgIpc) is 2.79. The zero-order valence-corrected chi connectivity index (χ0v) is 10.9. The molecule has 1 amide bonds. The first-order chi connectivity index (χ1) is 8.12. The molecule has 1 aliphatic heterocycles. The molecular formula is C12H19N3OS. The molecule has 17 heavy (non-hydrogen) atoms. The Morgan fingerprint density at radius 3 is 3.12 bits per heavy atom. The maximum absolute atomic E-state index is 11.7. The quantitative estimate of drug-likeness (QED) is 0.834. The van der Waals surface area contributed by atoms with Crippen molar-refractivity contribution < 1.29 is 4.79 Å². The Kier molecular flexibility index (Phi) is 3.81. The van der Waals surface area contributed by atoms with E-state index in [1.165, 1.54) is 4.88 Å². The number of thiophene rings is 1. The lowest BCUT2D eigenvalue weighted by Gasteiger charge is -2.39. The van der Waals surface area contributed by atoms with Crippen molar-refractivity contribution in [3.63, 3.8) is 0 Å². The minimum Gasteiger partial charge on any atom is -0.368 e.